The monoisotopic (exact) mass is 231 g/mol. The number of aliphatic carboxylic acids is 1. The van der Waals surface area contributed by atoms with Gasteiger partial charge in [0.2, 0.25) is 0 Å². The minimum atomic E-state index is -1.02. The van der Waals surface area contributed by atoms with Crippen LogP contribution in [0.2, 0.25) is 0 Å². The van der Waals surface area contributed by atoms with Crippen LogP contribution in [0.4, 0.5) is 0 Å². The lowest BCUT2D eigenvalue weighted by Crippen LogP contribution is -2.33. The highest BCUT2D eigenvalue weighted by atomic mass is 35.5. The highest BCUT2D eigenvalue weighted by Crippen LogP contribution is 2.30. The Kier molecular flexibility index (Phi) is 3.77. The second-order valence-electron chi connectivity index (χ2n) is 3.77. The molecule has 0 saturated heterocycles. The Labute approximate surface area is 93.0 Å². The van der Waals surface area contributed by atoms with Gasteiger partial charge in [0, 0.05) is 0 Å². The molecule has 2 unspecified atom stereocenters. The second-order valence-corrected chi connectivity index (χ2v) is 4.18. The summed E-state index contributed by atoms with van der Waals surface area (Å²) < 4.78 is 0. The van der Waals surface area contributed by atoms with Crippen molar-refractivity contribution in [1.82, 2.24) is 0 Å². The van der Waals surface area contributed by atoms with Crippen molar-refractivity contribution in [3.05, 3.63) is 22.9 Å². The third kappa shape index (κ3) is 2.97. The smallest absolute Gasteiger partial charge is 0.320 e. The highest BCUT2D eigenvalue weighted by Gasteiger charge is 2.25. The van der Waals surface area contributed by atoms with Crippen molar-refractivity contribution in [3.8, 4) is 0 Å². The first-order valence-corrected chi connectivity index (χ1v) is 5.06. The number of halogens is 1. The van der Waals surface area contributed by atoms with Gasteiger partial charge in [0.05, 0.1) is 5.03 Å². The van der Waals surface area contributed by atoms with E-state index >= 15 is 0 Å². The first-order chi connectivity index (χ1) is 6.91. The molecule has 0 fully saturated rings. The number of carboxylic acids is 1. The third-order valence-corrected chi connectivity index (χ3v) is 2.86. The van der Waals surface area contributed by atoms with Crippen LogP contribution in [0.1, 0.15) is 13.3 Å². The van der Waals surface area contributed by atoms with Gasteiger partial charge < -0.3 is 15.9 Å². The summed E-state index contributed by atoms with van der Waals surface area (Å²) in [5, 5.41) is 18.3. The van der Waals surface area contributed by atoms with Crippen molar-refractivity contribution in [2.75, 3.05) is 0 Å². The fourth-order valence-electron chi connectivity index (χ4n) is 1.55. The number of aliphatic hydroxyl groups is 1. The van der Waals surface area contributed by atoms with Gasteiger partial charge in [-0.2, -0.15) is 0 Å². The average Bonchev–Trinajstić information content (AvgIpc) is 2.13. The van der Waals surface area contributed by atoms with Gasteiger partial charge in [0.15, 0.2) is 0 Å². The van der Waals surface area contributed by atoms with Crippen molar-refractivity contribution < 1.29 is 15.0 Å². The van der Waals surface area contributed by atoms with E-state index in [2.05, 4.69) is 0 Å². The van der Waals surface area contributed by atoms with Crippen LogP contribution >= 0.6 is 11.6 Å². The topological polar surface area (TPSA) is 83.5 Å². The molecule has 84 valence electrons. The van der Waals surface area contributed by atoms with Gasteiger partial charge in [-0.15, -0.1) is 0 Å². The Balaban J connectivity index is 2.69. The number of aliphatic hydroxyl groups excluding tert-OH is 1. The van der Waals surface area contributed by atoms with Gasteiger partial charge in [-0.25, -0.2) is 0 Å². The van der Waals surface area contributed by atoms with Gasteiger partial charge in [-0.3, -0.25) is 4.79 Å². The molecule has 4 nitrogen and oxygen atoms in total. The number of carboxylic acid groups (broad SMARTS) is 1. The average molecular weight is 232 g/mol. The summed E-state index contributed by atoms with van der Waals surface area (Å²) >= 11 is 5.74. The van der Waals surface area contributed by atoms with E-state index in [4.69, 9.17) is 22.4 Å². The highest BCUT2D eigenvalue weighted by molar-refractivity contribution is 6.31. The summed E-state index contributed by atoms with van der Waals surface area (Å²) in [6.45, 7) is 1.88. The first kappa shape index (κ1) is 12.1. The van der Waals surface area contributed by atoms with Crippen LogP contribution in [-0.4, -0.2) is 22.2 Å². The molecule has 5 heteroatoms. The van der Waals surface area contributed by atoms with Crippen LogP contribution in [0.15, 0.2) is 22.9 Å². The quantitative estimate of drug-likeness (QED) is 0.689. The van der Waals surface area contributed by atoms with Crippen molar-refractivity contribution in [3.63, 3.8) is 0 Å². The van der Waals surface area contributed by atoms with Crippen LogP contribution in [0.25, 0.3) is 0 Å². The van der Waals surface area contributed by atoms with Gasteiger partial charge in [-0.1, -0.05) is 24.6 Å². The molecule has 0 bridgehead atoms. The van der Waals surface area contributed by atoms with E-state index in [1.165, 1.54) is 0 Å². The molecule has 0 amide bonds. The number of hydrogen-bond acceptors (Lipinski definition) is 3. The van der Waals surface area contributed by atoms with Gasteiger partial charge in [0.25, 0.3) is 0 Å². The zero-order chi connectivity index (χ0) is 11.6. The van der Waals surface area contributed by atoms with Gasteiger partial charge >= 0.3 is 5.97 Å². The van der Waals surface area contributed by atoms with Gasteiger partial charge in [0.1, 0.15) is 11.8 Å². The van der Waals surface area contributed by atoms with E-state index in [-0.39, 0.29) is 22.6 Å². The fraction of sp³-hybridized carbons (Fsp3) is 0.500. The lowest BCUT2D eigenvalue weighted by Gasteiger charge is -2.24. The molecule has 0 aliphatic heterocycles. The Morgan fingerprint density at radius 3 is 2.80 bits per heavy atom. The number of carbonyl (C=O) groups is 1. The Morgan fingerprint density at radius 1 is 1.67 bits per heavy atom. The number of hydrogen-bond donors (Lipinski definition) is 3. The van der Waals surface area contributed by atoms with Crippen LogP contribution in [0.3, 0.4) is 0 Å². The summed E-state index contributed by atoms with van der Waals surface area (Å²) in [6, 6.07) is -0.896. The minimum absolute atomic E-state index is 0.0397. The van der Waals surface area contributed by atoms with Gasteiger partial charge in [-0.05, 0) is 24.3 Å². The fourth-order valence-corrected chi connectivity index (χ4v) is 1.78. The molecule has 1 aliphatic carbocycles. The van der Waals surface area contributed by atoms with Crippen molar-refractivity contribution >= 4 is 17.6 Å². The largest absolute Gasteiger partial charge is 0.507 e. The molecule has 0 saturated carbocycles. The van der Waals surface area contributed by atoms with Crippen LogP contribution in [-0.2, 0) is 4.79 Å². The zero-order valence-electron chi connectivity index (χ0n) is 8.35. The molecule has 3 atom stereocenters. The molecule has 0 aromatic rings. The normalized spacial score (nSPS) is 27.9. The molecule has 15 heavy (non-hydrogen) atoms. The Hall–Kier alpha value is -1.00. The van der Waals surface area contributed by atoms with Crippen molar-refractivity contribution in [2.45, 2.75) is 19.4 Å². The molecule has 4 N–H and O–H groups in total. The molecule has 0 aromatic heterocycles. The molecular weight excluding hydrogens is 218 g/mol. The summed E-state index contributed by atoms with van der Waals surface area (Å²) in [5.41, 5.74) is 5.43. The lowest BCUT2D eigenvalue weighted by molar-refractivity contribution is -0.138. The number of nitrogens with two attached hydrogens (primary N) is 1. The Morgan fingerprint density at radius 2 is 2.27 bits per heavy atom. The molecule has 0 spiro atoms. The minimum Gasteiger partial charge on any atom is -0.507 e. The molecule has 1 rings (SSSR count). The maximum Gasteiger partial charge on any atom is 0.320 e. The standard InChI is InChI=1S/C10H14ClNO3/c1-5-2-9(13)7(11)3-6(5)4-8(12)10(14)15/h2-3,5-6,8,13H,4,12H2,1H3,(H,14,15)/t5?,6?,8-/m0/s1. The predicted molar refractivity (Wildman–Crippen MR) is 57.5 cm³/mol. The third-order valence-electron chi connectivity index (χ3n) is 2.54. The van der Waals surface area contributed by atoms with E-state index in [1.54, 1.807) is 12.2 Å². The van der Waals surface area contributed by atoms with E-state index in [0.717, 1.165) is 0 Å². The SMILES string of the molecule is CC1C=C(O)C(Cl)=CC1C[C@H](N)C(=O)O. The molecule has 0 heterocycles. The Bertz CT molecular complexity index is 325. The molecule has 1 aliphatic rings. The predicted octanol–water partition coefficient (Wildman–Crippen LogP) is 1.62. The summed E-state index contributed by atoms with van der Waals surface area (Å²) in [5.74, 6) is -0.979. The summed E-state index contributed by atoms with van der Waals surface area (Å²) in [6.07, 6.45) is 3.59. The van der Waals surface area contributed by atoms with Crippen LogP contribution in [0.5, 0.6) is 0 Å². The lowest BCUT2D eigenvalue weighted by atomic mass is 9.84. The second kappa shape index (κ2) is 4.68. The van der Waals surface area contributed by atoms with E-state index < -0.39 is 12.0 Å². The van der Waals surface area contributed by atoms with E-state index in [9.17, 15) is 9.90 Å². The number of allylic oxidation sites excluding steroid dienone is 3. The van der Waals surface area contributed by atoms with Crippen LogP contribution in [0, 0.1) is 11.8 Å². The molecule has 0 aromatic carbocycles. The maximum absolute atomic E-state index is 10.6. The van der Waals surface area contributed by atoms with Crippen molar-refractivity contribution in [2.24, 2.45) is 17.6 Å². The zero-order valence-corrected chi connectivity index (χ0v) is 9.11. The number of rotatable bonds is 3. The van der Waals surface area contributed by atoms with E-state index in [1.807, 2.05) is 6.92 Å². The first-order valence-electron chi connectivity index (χ1n) is 4.68. The maximum atomic E-state index is 10.6. The van der Waals surface area contributed by atoms with E-state index in [0.29, 0.717) is 6.42 Å². The van der Waals surface area contributed by atoms with Crippen molar-refractivity contribution in [1.29, 1.82) is 0 Å². The van der Waals surface area contributed by atoms with Crippen LogP contribution < -0.4 is 5.73 Å². The molecule has 0 radical (unpaired) electrons. The molecular formula is C10H14ClNO3. The summed E-state index contributed by atoms with van der Waals surface area (Å²) in [4.78, 5) is 10.6. The summed E-state index contributed by atoms with van der Waals surface area (Å²) in [7, 11) is 0.